The maximum absolute atomic E-state index is 4.46. The number of hydrogen-bond acceptors (Lipinski definition) is 3. The molecule has 1 N–H and O–H groups in total. The van der Waals surface area contributed by atoms with E-state index in [2.05, 4.69) is 34.6 Å². The molecule has 106 valence electrons. The summed E-state index contributed by atoms with van der Waals surface area (Å²) in [4.78, 5) is 4.28. The summed E-state index contributed by atoms with van der Waals surface area (Å²) >= 11 is 0. The van der Waals surface area contributed by atoms with Gasteiger partial charge in [0.25, 0.3) is 0 Å². The van der Waals surface area contributed by atoms with E-state index in [9.17, 15) is 0 Å². The van der Waals surface area contributed by atoms with Crippen molar-refractivity contribution in [3.05, 3.63) is 77.9 Å². The summed E-state index contributed by atoms with van der Waals surface area (Å²) in [6.45, 7) is 2.05. The second-order valence-corrected chi connectivity index (χ2v) is 5.07. The summed E-state index contributed by atoms with van der Waals surface area (Å²) < 4.78 is 1.89. The van der Waals surface area contributed by atoms with Gasteiger partial charge in [0.15, 0.2) is 0 Å². The van der Waals surface area contributed by atoms with Crippen molar-refractivity contribution in [3.63, 3.8) is 0 Å². The fourth-order valence-electron chi connectivity index (χ4n) is 2.47. The van der Waals surface area contributed by atoms with Gasteiger partial charge in [-0.25, -0.2) is 4.68 Å². The van der Waals surface area contributed by atoms with E-state index in [1.807, 2.05) is 60.7 Å². The zero-order chi connectivity index (χ0) is 14.7. The number of aromatic nitrogens is 3. The third-order valence-electron chi connectivity index (χ3n) is 3.47. The molecule has 0 saturated heterocycles. The van der Waals surface area contributed by atoms with E-state index in [1.165, 1.54) is 0 Å². The van der Waals surface area contributed by atoms with Gasteiger partial charge in [0.1, 0.15) is 0 Å². The van der Waals surface area contributed by atoms with Crippen LogP contribution >= 0.6 is 0 Å². The Morgan fingerprint density at radius 1 is 1.05 bits per heavy atom. The Labute approximate surface area is 124 Å². The summed E-state index contributed by atoms with van der Waals surface area (Å²) in [5.74, 6) is 0. The van der Waals surface area contributed by atoms with E-state index in [1.54, 1.807) is 0 Å². The van der Waals surface area contributed by atoms with Crippen molar-refractivity contribution in [1.82, 2.24) is 20.1 Å². The number of hydrogen-bond donors (Lipinski definition) is 1. The third-order valence-corrected chi connectivity index (χ3v) is 3.47. The highest BCUT2D eigenvalue weighted by atomic mass is 15.3. The summed E-state index contributed by atoms with van der Waals surface area (Å²) in [5.41, 5.74) is 4.48. The van der Waals surface area contributed by atoms with Gasteiger partial charge in [0, 0.05) is 24.2 Å². The largest absolute Gasteiger partial charge is 0.309 e. The lowest BCUT2D eigenvalue weighted by atomic mass is 10.0. The molecular formula is C17H18N4. The van der Waals surface area contributed by atoms with E-state index < -0.39 is 0 Å². The summed E-state index contributed by atoms with van der Waals surface area (Å²) in [7, 11) is 1.95. The van der Waals surface area contributed by atoms with Crippen molar-refractivity contribution in [2.75, 3.05) is 7.05 Å². The molecule has 1 atom stereocenters. The molecule has 2 aromatic heterocycles. The first-order valence-corrected chi connectivity index (χ1v) is 6.97. The zero-order valence-corrected chi connectivity index (χ0v) is 12.2. The van der Waals surface area contributed by atoms with Crippen molar-refractivity contribution in [1.29, 1.82) is 0 Å². The van der Waals surface area contributed by atoms with E-state index >= 15 is 0 Å². The minimum atomic E-state index is 0.0925. The number of nitrogens with one attached hydrogen (secondary N) is 1. The Morgan fingerprint density at radius 2 is 1.86 bits per heavy atom. The SMILES string of the molecule is CNC(c1cncc(C)c1)c1cnn(-c2ccccc2)c1. The Morgan fingerprint density at radius 3 is 2.57 bits per heavy atom. The third kappa shape index (κ3) is 2.85. The Balaban J connectivity index is 1.94. The predicted molar refractivity (Wildman–Crippen MR) is 83.4 cm³/mol. The van der Waals surface area contributed by atoms with Crippen molar-refractivity contribution in [2.24, 2.45) is 0 Å². The molecule has 0 bridgehead atoms. The number of pyridine rings is 1. The molecule has 0 saturated carbocycles. The molecule has 3 aromatic rings. The van der Waals surface area contributed by atoms with Crippen LogP contribution in [-0.4, -0.2) is 21.8 Å². The number of nitrogens with zero attached hydrogens (tertiary/aromatic N) is 3. The molecule has 1 unspecified atom stereocenters. The van der Waals surface area contributed by atoms with Gasteiger partial charge >= 0.3 is 0 Å². The molecule has 4 heteroatoms. The van der Waals surface area contributed by atoms with Crippen molar-refractivity contribution >= 4 is 0 Å². The summed E-state index contributed by atoms with van der Waals surface area (Å²) in [6.07, 6.45) is 7.72. The lowest BCUT2D eigenvalue weighted by molar-refractivity contribution is 0.687. The molecule has 0 radical (unpaired) electrons. The van der Waals surface area contributed by atoms with E-state index in [4.69, 9.17) is 0 Å². The number of para-hydroxylation sites is 1. The van der Waals surface area contributed by atoms with Crippen LogP contribution in [-0.2, 0) is 0 Å². The normalized spacial score (nSPS) is 12.3. The molecule has 0 amide bonds. The van der Waals surface area contributed by atoms with Crippen LogP contribution in [0.1, 0.15) is 22.7 Å². The quantitative estimate of drug-likeness (QED) is 0.798. The van der Waals surface area contributed by atoms with Crippen LogP contribution in [0.3, 0.4) is 0 Å². The standard InChI is InChI=1S/C17H18N4/c1-13-8-14(10-19-9-13)17(18-2)15-11-20-21(12-15)16-6-4-3-5-7-16/h3-12,17-18H,1-2H3. The van der Waals surface area contributed by atoms with Crippen LogP contribution in [0.4, 0.5) is 0 Å². The van der Waals surface area contributed by atoms with Gasteiger partial charge in [-0.05, 0) is 37.2 Å². The first-order valence-electron chi connectivity index (χ1n) is 6.97. The molecular weight excluding hydrogens is 260 g/mol. The van der Waals surface area contributed by atoms with Crippen LogP contribution in [0.2, 0.25) is 0 Å². The minimum Gasteiger partial charge on any atom is -0.309 e. The van der Waals surface area contributed by atoms with Gasteiger partial charge in [0.05, 0.1) is 17.9 Å². The molecule has 21 heavy (non-hydrogen) atoms. The van der Waals surface area contributed by atoms with Gasteiger partial charge in [-0.3, -0.25) is 4.98 Å². The highest BCUT2D eigenvalue weighted by Crippen LogP contribution is 2.22. The van der Waals surface area contributed by atoms with Crippen LogP contribution in [0.5, 0.6) is 0 Å². The minimum absolute atomic E-state index is 0.0925. The van der Waals surface area contributed by atoms with Gasteiger partial charge in [0.2, 0.25) is 0 Å². The van der Waals surface area contributed by atoms with Crippen molar-refractivity contribution < 1.29 is 0 Å². The van der Waals surface area contributed by atoms with Crippen molar-refractivity contribution in [2.45, 2.75) is 13.0 Å². The second-order valence-electron chi connectivity index (χ2n) is 5.07. The summed E-state index contributed by atoms with van der Waals surface area (Å²) in [5, 5.41) is 7.79. The number of benzene rings is 1. The Bertz CT molecular complexity index is 718. The van der Waals surface area contributed by atoms with Crippen LogP contribution in [0.15, 0.2) is 61.2 Å². The molecule has 0 fully saturated rings. The lowest BCUT2D eigenvalue weighted by Gasteiger charge is -2.14. The Kier molecular flexibility index (Phi) is 3.79. The average Bonchev–Trinajstić information content (AvgIpc) is 2.99. The highest BCUT2D eigenvalue weighted by molar-refractivity contribution is 5.34. The molecule has 0 aliphatic rings. The molecule has 2 heterocycles. The molecule has 0 aliphatic carbocycles. The van der Waals surface area contributed by atoms with Crippen LogP contribution in [0, 0.1) is 6.92 Å². The van der Waals surface area contributed by atoms with Crippen LogP contribution < -0.4 is 5.32 Å². The number of aryl methyl sites for hydroxylation is 1. The van der Waals surface area contributed by atoms with E-state index in [0.29, 0.717) is 0 Å². The first kappa shape index (κ1) is 13.5. The van der Waals surface area contributed by atoms with Crippen LogP contribution in [0.25, 0.3) is 5.69 Å². The monoisotopic (exact) mass is 278 g/mol. The van der Waals surface area contributed by atoms with Gasteiger partial charge in [-0.1, -0.05) is 24.3 Å². The fraction of sp³-hybridized carbons (Fsp3) is 0.176. The predicted octanol–water partition coefficient (Wildman–Crippen LogP) is 2.88. The molecule has 4 nitrogen and oxygen atoms in total. The molecule has 0 spiro atoms. The maximum atomic E-state index is 4.46. The van der Waals surface area contributed by atoms with Crippen molar-refractivity contribution in [3.8, 4) is 5.69 Å². The number of rotatable bonds is 4. The zero-order valence-electron chi connectivity index (χ0n) is 12.2. The molecule has 3 rings (SSSR count). The lowest BCUT2D eigenvalue weighted by Crippen LogP contribution is -2.17. The summed E-state index contributed by atoms with van der Waals surface area (Å²) in [6, 6.07) is 12.3. The average molecular weight is 278 g/mol. The smallest absolute Gasteiger partial charge is 0.0645 e. The fourth-order valence-corrected chi connectivity index (χ4v) is 2.47. The molecule has 0 aliphatic heterocycles. The van der Waals surface area contributed by atoms with E-state index in [0.717, 1.165) is 22.4 Å². The Hall–Kier alpha value is -2.46. The molecule has 1 aromatic carbocycles. The first-order chi connectivity index (χ1) is 10.3. The van der Waals surface area contributed by atoms with Gasteiger partial charge in [-0.2, -0.15) is 5.10 Å². The van der Waals surface area contributed by atoms with E-state index in [-0.39, 0.29) is 6.04 Å². The van der Waals surface area contributed by atoms with Gasteiger partial charge < -0.3 is 5.32 Å². The van der Waals surface area contributed by atoms with Gasteiger partial charge in [-0.15, -0.1) is 0 Å². The maximum Gasteiger partial charge on any atom is 0.0645 e. The highest BCUT2D eigenvalue weighted by Gasteiger charge is 2.14. The second kappa shape index (κ2) is 5.89. The topological polar surface area (TPSA) is 42.7 Å².